The Balaban J connectivity index is 1.71. The minimum atomic E-state index is -1.66. The monoisotopic (exact) mass is 234 g/mol. The number of hydrogen-bond acceptors (Lipinski definition) is 2. The second kappa shape index (κ2) is 3.81. The van der Waals surface area contributed by atoms with Crippen LogP contribution >= 0.6 is 0 Å². The van der Waals surface area contributed by atoms with Gasteiger partial charge in [-0.3, -0.25) is 9.69 Å². The van der Waals surface area contributed by atoms with Crippen molar-refractivity contribution in [3.05, 3.63) is 35.9 Å². The Morgan fingerprint density at radius 2 is 2.18 bits per heavy atom. The summed E-state index contributed by atoms with van der Waals surface area (Å²) in [4.78, 5) is 13.5. The van der Waals surface area contributed by atoms with Crippen molar-refractivity contribution < 1.29 is 9.18 Å². The highest BCUT2D eigenvalue weighted by atomic mass is 19.1. The van der Waals surface area contributed by atoms with Crippen molar-refractivity contribution in [2.24, 2.45) is 5.92 Å². The third-order valence-corrected chi connectivity index (χ3v) is 3.71. The summed E-state index contributed by atoms with van der Waals surface area (Å²) < 4.78 is 14.4. The van der Waals surface area contributed by atoms with Gasteiger partial charge in [0.05, 0.1) is 0 Å². The second-order valence-corrected chi connectivity index (χ2v) is 4.92. The molecular weight excluding hydrogens is 219 g/mol. The van der Waals surface area contributed by atoms with Crippen LogP contribution in [0.5, 0.6) is 0 Å². The minimum Gasteiger partial charge on any atom is -0.353 e. The number of halogens is 1. The number of carbonyl (C=O) groups is 1. The van der Waals surface area contributed by atoms with Gasteiger partial charge in [0.1, 0.15) is 0 Å². The molecule has 2 heterocycles. The van der Waals surface area contributed by atoms with Gasteiger partial charge < -0.3 is 5.32 Å². The van der Waals surface area contributed by atoms with Gasteiger partial charge >= 0.3 is 0 Å². The molecule has 3 nitrogen and oxygen atoms in total. The fourth-order valence-electron chi connectivity index (χ4n) is 2.78. The zero-order valence-electron chi connectivity index (χ0n) is 9.53. The number of hydrogen-bond donors (Lipinski definition) is 1. The molecule has 2 aliphatic rings. The van der Waals surface area contributed by atoms with E-state index in [4.69, 9.17) is 0 Å². The molecule has 0 aromatic heterocycles. The molecule has 1 N–H and O–H groups in total. The number of nitrogens with one attached hydrogen (secondary N) is 1. The molecule has 4 heteroatoms. The molecule has 2 aliphatic heterocycles. The maximum absolute atomic E-state index is 14.4. The Bertz CT molecular complexity index is 436. The first-order chi connectivity index (χ1) is 8.18. The molecule has 3 rings (SSSR count). The van der Waals surface area contributed by atoms with Gasteiger partial charge in [-0.25, -0.2) is 4.39 Å². The van der Waals surface area contributed by atoms with Crippen LogP contribution < -0.4 is 5.32 Å². The summed E-state index contributed by atoms with van der Waals surface area (Å²) in [5.41, 5.74) is -0.495. The molecule has 2 atom stereocenters. The SMILES string of the molecule is O=C1NC[C@H]2CN(Cc3ccccc3)C[C@@]12F. The van der Waals surface area contributed by atoms with E-state index in [0.29, 0.717) is 13.1 Å². The molecule has 2 saturated heterocycles. The molecule has 17 heavy (non-hydrogen) atoms. The lowest BCUT2D eigenvalue weighted by Crippen LogP contribution is -2.40. The van der Waals surface area contributed by atoms with Crippen molar-refractivity contribution in [3.63, 3.8) is 0 Å². The molecule has 0 spiro atoms. The Kier molecular flexibility index (Phi) is 2.40. The Morgan fingerprint density at radius 3 is 2.88 bits per heavy atom. The van der Waals surface area contributed by atoms with Gasteiger partial charge in [0.25, 0.3) is 5.91 Å². The first-order valence-corrected chi connectivity index (χ1v) is 5.92. The van der Waals surface area contributed by atoms with E-state index in [2.05, 4.69) is 5.32 Å². The topological polar surface area (TPSA) is 32.3 Å². The van der Waals surface area contributed by atoms with Crippen LogP contribution in [0, 0.1) is 5.92 Å². The van der Waals surface area contributed by atoms with E-state index >= 15 is 0 Å². The van der Waals surface area contributed by atoms with Crippen LogP contribution in [-0.2, 0) is 11.3 Å². The Morgan fingerprint density at radius 1 is 1.41 bits per heavy atom. The lowest BCUT2D eigenvalue weighted by Gasteiger charge is -2.17. The van der Waals surface area contributed by atoms with Crippen LogP contribution in [0.1, 0.15) is 5.56 Å². The van der Waals surface area contributed by atoms with Gasteiger partial charge in [-0.05, 0) is 5.56 Å². The fraction of sp³-hybridized carbons (Fsp3) is 0.462. The molecule has 2 fully saturated rings. The average Bonchev–Trinajstić information content (AvgIpc) is 2.77. The molecule has 0 aliphatic carbocycles. The van der Waals surface area contributed by atoms with E-state index in [1.807, 2.05) is 35.2 Å². The first-order valence-electron chi connectivity index (χ1n) is 5.92. The van der Waals surface area contributed by atoms with E-state index < -0.39 is 11.6 Å². The maximum Gasteiger partial charge on any atom is 0.259 e. The second-order valence-electron chi connectivity index (χ2n) is 4.92. The van der Waals surface area contributed by atoms with Gasteiger partial charge in [0.15, 0.2) is 0 Å². The number of likely N-dealkylation sites (tertiary alicyclic amines) is 1. The van der Waals surface area contributed by atoms with Gasteiger partial charge in [0, 0.05) is 32.1 Å². The smallest absolute Gasteiger partial charge is 0.259 e. The van der Waals surface area contributed by atoms with E-state index in [0.717, 1.165) is 12.1 Å². The summed E-state index contributed by atoms with van der Waals surface area (Å²) in [6.45, 7) is 2.07. The first kappa shape index (κ1) is 10.7. The molecule has 0 saturated carbocycles. The van der Waals surface area contributed by atoms with Crippen LogP contribution in [0.15, 0.2) is 30.3 Å². The van der Waals surface area contributed by atoms with Crippen LogP contribution in [0.25, 0.3) is 0 Å². The largest absolute Gasteiger partial charge is 0.353 e. The van der Waals surface area contributed by atoms with Crippen molar-refractivity contribution in [3.8, 4) is 0 Å². The van der Waals surface area contributed by atoms with Gasteiger partial charge in [0.2, 0.25) is 5.67 Å². The van der Waals surface area contributed by atoms with Crippen molar-refractivity contribution >= 4 is 5.91 Å². The quantitative estimate of drug-likeness (QED) is 0.826. The average molecular weight is 234 g/mol. The molecule has 0 unspecified atom stereocenters. The van der Waals surface area contributed by atoms with Crippen LogP contribution in [-0.4, -0.2) is 36.1 Å². The predicted octanol–water partition coefficient (Wildman–Crippen LogP) is 0.956. The molecule has 1 amide bonds. The minimum absolute atomic E-state index is 0.182. The number of benzene rings is 1. The highest BCUT2D eigenvalue weighted by molar-refractivity contribution is 5.88. The third-order valence-electron chi connectivity index (χ3n) is 3.71. The van der Waals surface area contributed by atoms with Crippen molar-refractivity contribution in [2.75, 3.05) is 19.6 Å². The number of rotatable bonds is 2. The molecule has 0 radical (unpaired) electrons. The summed E-state index contributed by atoms with van der Waals surface area (Å²) in [6, 6.07) is 9.97. The van der Waals surface area contributed by atoms with Gasteiger partial charge in [-0.15, -0.1) is 0 Å². The summed E-state index contributed by atoms with van der Waals surface area (Å²) in [7, 11) is 0. The fourth-order valence-corrected chi connectivity index (χ4v) is 2.78. The van der Waals surface area contributed by atoms with Crippen molar-refractivity contribution in [1.29, 1.82) is 0 Å². The Hall–Kier alpha value is -1.42. The Labute approximate surface area is 99.6 Å². The zero-order chi connectivity index (χ0) is 11.9. The van der Waals surface area contributed by atoms with Crippen molar-refractivity contribution in [1.82, 2.24) is 10.2 Å². The van der Waals surface area contributed by atoms with E-state index in [1.54, 1.807) is 0 Å². The summed E-state index contributed by atoms with van der Waals surface area (Å²) in [5.74, 6) is -0.614. The summed E-state index contributed by atoms with van der Waals surface area (Å²) >= 11 is 0. The zero-order valence-corrected chi connectivity index (χ0v) is 9.53. The molecule has 90 valence electrons. The third kappa shape index (κ3) is 1.72. The molecule has 1 aromatic rings. The highest BCUT2D eigenvalue weighted by Gasteiger charge is 2.56. The van der Waals surface area contributed by atoms with Crippen LogP contribution in [0.2, 0.25) is 0 Å². The van der Waals surface area contributed by atoms with Crippen LogP contribution in [0.3, 0.4) is 0 Å². The van der Waals surface area contributed by atoms with Gasteiger partial charge in [-0.2, -0.15) is 0 Å². The number of carbonyl (C=O) groups excluding carboxylic acids is 1. The number of alkyl halides is 1. The molecule has 1 aromatic carbocycles. The number of nitrogens with zero attached hydrogens (tertiary/aromatic N) is 1. The van der Waals surface area contributed by atoms with Gasteiger partial charge in [-0.1, -0.05) is 30.3 Å². The lowest BCUT2D eigenvalue weighted by molar-refractivity contribution is -0.129. The highest BCUT2D eigenvalue weighted by Crippen LogP contribution is 2.35. The summed E-state index contributed by atoms with van der Waals surface area (Å²) in [6.07, 6.45) is 0. The predicted molar refractivity (Wildman–Crippen MR) is 62.1 cm³/mol. The molecule has 0 bridgehead atoms. The number of amides is 1. The van der Waals surface area contributed by atoms with E-state index in [1.165, 1.54) is 0 Å². The normalized spacial score (nSPS) is 32.5. The van der Waals surface area contributed by atoms with Crippen LogP contribution in [0.4, 0.5) is 4.39 Å². The standard InChI is InChI=1S/C13H15FN2O/c14-13-9-16(7-10-4-2-1-3-5-10)8-11(13)6-15-12(13)17/h1-5,11H,6-9H2,(H,15,17)/t11-,13-/m0/s1. The van der Waals surface area contributed by atoms with E-state index in [9.17, 15) is 9.18 Å². The van der Waals surface area contributed by atoms with Crippen molar-refractivity contribution in [2.45, 2.75) is 12.2 Å². The lowest BCUT2D eigenvalue weighted by atomic mass is 9.97. The van der Waals surface area contributed by atoms with E-state index in [-0.39, 0.29) is 12.5 Å². The summed E-state index contributed by atoms with van der Waals surface area (Å²) in [5, 5.41) is 2.61. The number of fused-ring (bicyclic) bond motifs is 1. The molecular formula is C13H15FN2O. The maximum atomic E-state index is 14.4.